The fourth-order valence-corrected chi connectivity index (χ4v) is 1.82. The third kappa shape index (κ3) is 11.6. The van der Waals surface area contributed by atoms with Gasteiger partial charge in [0.1, 0.15) is 0 Å². The van der Waals surface area contributed by atoms with E-state index in [1.807, 2.05) is 20.8 Å². The predicted octanol–water partition coefficient (Wildman–Crippen LogP) is 6.14. The average molecular weight is 224 g/mol. The first-order valence-electron chi connectivity index (χ1n) is 6.98. The van der Waals surface area contributed by atoms with Gasteiger partial charge in [-0.2, -0.15) is 0 Å². The highest BCUT2D eigenvalue weighted by molar-refractivity contribution is 5.00. The molecule has 0 heteroatoms. The molecule has 1 aliphatic rings. The van der Waals surface area contributed by atoms with Gasteiger partial charge < -0.3 is 0 Å². The summed E-state index contributed by atoms with van der Waals surface area (Å²) >= 11 is 0. The first-order chi connectivity index (χ1) is 7.74. The molecule has 0 unspecified atom stereocenters. The zero-order valence-electron chi connectivity index (χ0n) is 12.2. The van der Waals surface area contributed by atoms with E-state index in [4.69, 9.17) is 0 Å². The number of rotatable bonds is 2. The molecule has 0 aromatic carbocycles. The molecule has 1 aliphatic carbocycles. The molecule has 0 N–H and O–H groups in total. The van der Waals surface area contributed by atoms with Gasteiger partial charge in [-0.25, -0.2) is 0 Å². The smallest absolute Gasteiger partial charge is 0.0231 e. The lowest BCUT2D eigenvalue weighted by atomic mass is 9.88. The Morgan fingerprint density at radius 1 is 1.19 bits per heavy atom. The van der Waals surface area contributed by atoms with Crippen LogP contribution in [0, 0.1) is 5.92 Å². The molecule has 0 spiro atoms. The molecule has 0 aromatic heterocycles. The maximum absolute atomic E-state index is 3.36. The van der Waals surface area contributed by atoms with Crippen molar-refractivity contribution in [3.8, 4) is 0 Å². The van der Waals surface area contributed by atoms with E-state index in [1.54, 1.807) is 11.6 Å². The van der Waals surface area contributed by atoms with Crippen molar-refractivity contribution in [3.63, 3.8) is 0 Å². The highest BCUT2D eigenvalue weighted by atomic mass is 14.2. The van der Waals surface area contributed by atoms with Crippen LogP contribution in [-0.4, -0.2) is 0 Å². The van der Waals surface area contributed by atoms with Crippen molar-refractivity contribution in [1.82, 2.24) is 0 Å². The monoisotopic (exact) mass is 224 g/mol. The van der Waals surface area contributed by atoms with Crippen molar-refractivity contribution in [2.45, 2.75) is 73.1 Å². The largest absolute Gasteiger partial charge is 0.103 e. The molecule has 96 valence electrons. The van der Waals surface area contributed by atoms with Gasteiger partial charge in [0.05, 0.1) is 0 Å². The molecular weight excluding hydrogens is 192 g/mol. The van der Waals surface area contributed by atoms with Gasteiger partial charge in [-0.3, -0.25) is 0 Å². The van der Waals surface area contributed by atoms with Crippen LogP contribution in [0.1, 0.15) is 73.1 Å². The van der Waals surface area contributed by atoms with E-state index in [9.17, 15) is 0 Å². The van der Waals surface area contributed by atoms with Crippen LogP contribution in [0.25, 0.3) is 0 Å². The summed E-state index contributed by atoms with van der Waals surface area (Å²) in [4.78, 5) is 0. The van der Waals surface area contributed by atoms with Crippen molar-refractivity contribution in [2.24, 2.45) is 5.92 Å². The minimum Gasteiger partial charge on any atom is -0.103 e. The molecule has 0 aromatic rings. The highest BCUT2D eigenvalue weighted by Crippen LogP contribution is 2.25. The second kappa shape index (κ2) is 14.5. The molecule has 0 bridgehead atoms. The first-order valence-corrected chi connectivity index (χ1v) is 6.98. The molecule has 1 saturated carbocycles. The van der Waals surface area contributed by atoms with Gasteiger partial charge in [0.15, 0.2) is 0 Å². The molecule has 0 nitrogen and oxygen atoms in total. The van der Waals surface area contributed by atoms with Crippen LogP contribution in [0.5, 0.6) is 0 Å². The van der Waals surface area contributed by atoms with Gasteiger partial charge in [-0.1, -0.05) is 57.8 Å². The fourth-order valence-electron chi connectivity index (χ4n) is 1.82. The number of hydrogen-bond donors (Lipinski definition) is 0. The summed E-state index contributed by atoms with van der Waals surface area (Å²) in [6, 6.07) is 0. The lowest BCUT2D eigenvalue weighted by Crippen LogP contribution is -2.03. The van der Waals surface area contributed by atoms with E-state index in [-0.39, 0.29) is 0 Å². The van der Waals surface area contributed by atoms with Crippen molar-refractivity contribution in [3.05, 3.63) is 24.3 Å². The summed E-state index contributed by atoms with van der Waals surface area (Å²) in [6.07, 6.45) is 12.7. The van der Waals surface area contributed by atoms with E-state index in [0.29, 0.717) is 0 Å². The third-order valence-electron chi connectivity index (χ3n) is 2.73. The Morgan fingerprint density at radius 2 is 1.62 bits per heavy atom. The van der Waals surface area contributed by atoms with E-state index in [1.165, 1.54) is 38.5 Å². The Kier molecular flexibility index (Phi) is 16.2. The highest BCUT2D eigenvalue weighted by Gasteiger charge is 2.09. The second-order valence-corrected chi connectivity index (χ2v) is 4.17. The molecule has 0 amide bonds. The van der Waals surface area contributed by atoms with E-state index in [2.05, 4.69) is 26.5 Å². The average Bonchev–Trinajstić information content (AvgIpc) is 2.34. The Hall–Kier alpha value is -0.520. The molecule has 0 radical (unpaired) electrons. The minimum atomic E-state index is 0.920. The van der Waals surface area contributed by atoms with Gasteiger partial charge in [-0.15, -0.1) is 6.58 Å². The zero-order valence-corrected chi connectivity index (χ0v) is 12.2. The van der Waals surface area contributed by atoms with E-state index < -0.39 is 0 Å². The van der Waals surface area contributed by atoms with Crippen molar-refractivity contribution in [2.75, 3.05) is 0 Å². The quantitative estimate of drug-likeness (QED) is 0.494. The second-order valence-electron chi connectivity index (χ2n) is 4.17. The zero-order chi connectivity index (χ0) is 12.8. The first kappa shape index (κ1) is 17.9. The van der Waals surface area contributed by atoms with Gasteiger partial charge in [0.25, 0.3) is 0 Å². The van der Waals surface area contributed by atoms with Crippen LogP contribution >= 0.6 is 0 Å². The Labute approximate surface area is 104 Å². The maximum atomic E-state index is 3.36. The maximum Gasteiger partial charge on any atom is -0.0231 e. The van der Waals surface area contributed by atoms with E-state index in [0.717, 1.165) is 5.92 Å². The molecule has 16 heavy (non-hydrogen) atoms. The van der Waals surface area contributed by atoms with Crippen molar-refractivity contribution >= 4 is 0 Å². The molecule has 0 saturated heterocycles. The number of allylic oxidation sites excluding steroid dienone is 3. The molecule has 1 fully saturated rings. The third-order valence-corrected chi connectivity index (χ3v) is 2.73. The lowest BCUT2D eigenvalue weighted by molar-refractivity contribution is 0.417. The lowest BCUT2D eigenvalue weighted by Gasteiger charge is -2.18. The fraction of sp³-hybridized carbons (Fsp3) is 0.750. The molecule has 0 aliphatic heterocycles. The molecule has 1 rings (SSSR count). The summed E-state index contributed by atoms with van der Waals surface area (Å²) < 4.78 is 0. The van der Waals surface area contributed by atoms with Crippen molar-refractivity contribution in [1.29, 1.82) is 0 Å². The normalized spacial score (nSPS) is 16.4. The van der Waals surface area contributed by atoms with Crippen LogP contribution in [0.4, 0.5) is 0 Å². The van der Waals surface area contributed by atoms with Crippen LogP contribution in [0.15, 0.2) is 24.3 Å². The minimum absolute atomic E-state index is 0.920. The Morgan fingerprint density at radius 3 is 2.00 bits per heavy atom. The summed E-state index contributed by atoms with van der Waals surface area (Å²) in [7, 11) is 0. The molecular formula is C16H32. The number of hydrogen-bond acceptors (Lipinski definition) is 0. The summed E-state index contributed by atoms with van der Waals surface area (Å²) in [5.74, 6) is 0.920. The topological polar surface area (TPSA) is 0 Å². The van der Waals surface area contributed by atoms with Crippen LogP contribution < -0.4 is 0 Å². The summed E-state index contributed by atoms with van der Waals surface area (Å²) in [5.41, 5.74) is 1.58. The van der Waals surface area contributed by atoms with Crippen LogP contribution in [0.2, 0.25) is 0 Å². The summed E-state index contributed by atoms with van der Waals surface area (Å²) in [6.45, 7) is 13.8. The Balaban J connectivity index is 0. The molecule has 0 atom stereocenters. The SMILES string of the molecule is C=CC.CC.CC/C(C)=C/C1CCCCC1. The predicted molar refractivity (Wildman–Crippen MR) is 77.8 cm³/mol. The Bertz CT molecular complexity index is 159. The van der Waals surface area contributed by atoms with Crippen molar-refractivity contribution < 1.29 is 0 Å². The van der Waals surface area contributed by atoms with Crippen LogP contribution in [0.3, 0.4) is 0 Å². The van der Waals surface area contributed by atoms with Gasteiger partial charge >= 0.3 is 0 Å². The van der Waals surface area contributed by atoms with Gasteiger partial charge in [0, 0.05) is 0 Å². The standard InChI is InChI=1S/C11H20.C3H6.C2H6/c1-3-10(2)9-11-7-5-4-6-8-11;1-3-2;1-2/h9,11H,3-8H2,1-2H3;3H,1H2,2H3;1-2H3/b10-9+;;. The summed E-state index contributed by atoms with van der Waals surface area (Å²) in [5, 5.41) is 0. The van der Waals surface area contributed by atoms with Gasteiger partial charge in [-0.05, 0) is 39.0 Å². The molecule has 0 heterocycles. The van der Waals surface area contributed by atoms with Gasteiger partial charge in [0.2, 0.25) is 0 Å². The van der Waals surface area contributed by atoms with Crippen LogP contribution in [-0.2, 0) is 0 Å². The van der Waals surface area contributed by atoms with E-state index >= 15 is 0 Å².